The summed E-state index contributed by atoms with van der Waals surface area (Å²) in [6, 6.07) is 1.23. The number of aliphatic hydroxyl groups excluding tert-OH is 2. The van der Waals surface area contributed by atoms with Gasteiger partial charge in [0.15, 0.2) is 11.6 Å². The molecular formula is C29H36N4O6. The van der Waals surface area contributed by atoms with Crippen molar-refractivity contribution in [3.8, 4) is 5.75 Å². The molecule has 10 heteroatoms. The second-order valence-electron chi connectivity index (χ2n) is 12.4. The second kappa shape index (κ2) is 8.82. The number of allylic oxidation sites excluding steroid dienone is 2. The highest BCUT2D eigenvalue weighted by atomic mass is 16.3. The topological polar surface area (TPSA) is 148 Å². The summed E-state index contributed by atoms with van der Waals surface area (Å²) in [6.07, 6.45) is 2.00. The number of carbonyl (C=O) groups is 3. The molecule has 2 fully saturated rings. The molecule has 5 N–H and O–H groups in total. The Balaban J connectivity index is 1.46. The minimum atomic E-state index is -1.18. The number of hydrogen-bond donors (Lipinski definition) is 4. The van der Waals surface area contributed by atoms with E-state index in [0.717, 1.165) is 36.2 Å². The van der Waals surface area contributed by atoms with Crippen molar-refractivity contribution in [1.29, 1.82) is 0 Å². The Labute approximate surface area is 227 Å². The summed E-state index contributed by atoms with van der Waals surface area (Å²) in [6.45, 7) is 2.51. The Hall–Kier alpha value is -3.37. The number of ketones is 2. The van der Waals surface area contributed by atoms with Gasteiger partial charge in [-0.05, 0) is 68.7 Å². The molecule has 3 unspecified atom stereocenters. The molecule has 4 aliphatic carbocycles. The number of likely N-dealkylation sites (tertiary alicyclic amines) is 1. The average molecular weight is 537 g/mol. The van der Waals surface area contributed by atoms with Crippen LogP contribution in [0.2, 0.25) is 0 Å². The van der Waals surface area contributed by atoms with Crippen LogP contribution in [0.1, 0.15) is 34.3 Å². The molecule has 10 nitrogen and oxygen atoms in total. The molecule has 1 saturated heterocycles. The van der Waals surface area contributed by atoms with Gasteiger partial charge >= 0.3 is 0 Å². The molecule has 1 amide bonds. The Kier molecular flexibility index (Phi) is 5.86. The Bertz CT molecular complexity index is 1370. The van der Waals surface area contributed by atoms with Crippen LogP contribution in [-0.4, -0.2) is 89.9 Å². The van der Waals surface area contributed by atoms with Gasteiger partial charge in [0.25, 0.3) is 5.91 Å². The van der Waals surface area contributed by atoms with E-state index in [9.17, 15) is 29.7 Å². The molecule has 39 heavy (non-hydrogen) atoms. The van der Waals surface area contributed by atoms with Crippen molar-refractivity contribution in [2.45, 2.75) is 31.8 Å². The highest BCUT2D eigenvalue weighted by molar-refractivity contribution is 6.22. The number of rotatable bonds is 5. The van der Waals surface area contributed by atoms with Crippen molar-refractivity contribution in [3.63, 3.8) is 0 Å². The van der Waals surface area contributed by atoms with Crippen LogP contribution in [0.5, 0.6) is 5.75 Å². The number of benzene rings is 1. The lowest BCUT2D eigenvalue weighted by Gasteiger charge is -2.46. The molecule has 0 bridgehead atoms. The Morgan fingerprint density at radius 2 is 1.72 bits per heavy atom. The molecule has 1 aliphatic heterocycles. The van der Waals surface area contributed by atoms with Crippen molar-refractivity contribution in [3.05, 3.63) is 45.4 Å². The molecule has 1 aromatic rings. The fraction of sp³-hybridized carbons (Fsp3) is 0.552. The number of anilines is 1. The highest BCUT2D eigenvalue weighted by Crippen LogP contribution is 2.52. The summed E-state index contributed by atoms with van der Waals surface area (Å²) < 4.78 is 0. The maximum Gasteiger partial charge on any atom is 0.255 e. The van der Waals surface area contributed by atoms with Crippen molar-refractivity contribution in [2.24, 2.45) is 35.3 Å². The standard InChI is InChI=1S/C29H36N4O6/c1-31(2)18-8-15(11-33-9-13-5-14(13)10-33)24(34)20-16(18)6-12-7-17-21(26(36)19(12)25(20)35)27(37)22(29(30)39)28(38)23(17)32(3)4/h8,12-14,17,21,23,34,36,38H,5-7,9-11H2,1-4H3,(H2,30,39)/t12-,13?,14?,17+,21?,23-/m0/s1. The monoisotopic (exact) mass is 536 g/mol. The lowest BCUT2D eigenvalue weighted by molar-refractivity contribution is -0.127. The number of carbonyl (C=O) groups excluding carboxylic acids is 3. The van der Waals surface area contributed by atoms with Crippen LogP contribution < -0.4 is 10.6 Å². The number of phenolic OH excluding ortho intramolecular Hbond substituents is 1. The largest absolute Gasteiger partial charge is 0.511 e. The summed E-state index contributed by atoms with van der Waals surface area (Å²) in [7, 11) is 7.25. The van der Waals surface area contributed by atoms with E-state index >= 15 is 0 Å². The molecule has 6 atom stereocenters. The van der Waals surface area contributed by atoms with Crippen LogP contribution in [0, 0.1) is 29.6 Å². The smallest absolute Gasteiger partial charge is 0.255 e. The first kappa shape index (κ1) is 25.9. The number of aliphatic hydroxyl groups is 2. The fourth-order valence-corrected chi connectivity index (χ4v) is 7.76. The zero-order valence-corrected chi connectivity index (χ0v) is 22.8. The molecule has 0 radical (unpaired) electrons. The van der Waals surface area contributed by atoms with E-state index in [1.807, 2.05) is 25.1 Å². The zero-order valence-electron chi connectivity index (χ0n) is 22.8. The molecule has 208 valence electrons. The summed E-state index contributed by atoms with van der Waals surface area (Å²) in [5.74, 6) is -3.87. The predicted molar refractivity (Wildman–Crippen MR) is 143 cm³/mol. The summed E-state index contributed by atoms with van der Waals surface area (Å²) in [4.78, 5) is 45.6. The second-order valence-corrected chi connectivity index (χ2v) is 12.4. The number of piperidine rings is 1. The van der Waals surface area contributed by atoms with Gasteiger partial charge in [0.05, 0.1) is 17.5 Å². The number of amides is 1. The van der Waals surface area contributed by atoms with E-state index in [0.29, 0.717) is 24.9 Å². The van der Waals surface area contributed by atoms with E-state index in [4.69, 9.17) is 5.73 Å². The maximum atomic E-state index is 14.1. The SMILES string of the molecule is CN(C)c1cc(CN2CC3CC3C2)c(O)c2c1C[C@H]1C[C@@H]3C(C(=O)C(C(N)=O)=C(O)[C@H]3N(C)C)C(O)=C1C2=O. The van der Waals surface area contributed by atoms with Crippen LogP contribution >= 0.6 is 0 Å². The van der Waals surface area contributed by atoms with Gasteiger partial charge in [0, 0.05) is 50.6 Å². The number of fused-ring (bicyclic) bond motifs is 4. The van der Waals surface area contributed by atoms with Gasteiger partial charge in [-0.3, -0.25) is 24.2 Å². The first-order valence-electron chi connectivity index (χ1n) is 13.6. The molecule has 6 rings (SSSR count). The number of phenols is 1. The molecule has 0 spiro atoms. The third-order valence-corrected chi connectivity index (χ3v) is 9.55. The van der Waals surface area contributed by atoms with E-state index < -0.39 is 52.6 Å². The van der Waals surface area contributed by atoms with E-state index in [1.165, 1.54) is 6.42 Å². The number of hydrogen-bond acceptors (Lipinski definition) is 9. The van der Waals surface area contributed by atoms with E-state index in [2.05, 4.69) is 4.90 Å². The molecule has 0 aromatic heterocycles. The Morgan fingerprint density at radius 1 is 1.05 bits per heavy atom. The van der Waals surface area contributed by atoms with Crippen molar-refractivity contribution in [2.75, 3.05) is 46.2 Å². The molecule has 1 aromatic carbocycles. The number of primary amides is 1. The van der Waals surface area contributed by atoms with Crippen LogP contribution in [0.15, 0.2) is 28.7 Å². The van der Waals surface area contributed by atoms with Crippen molar-refractivity contribution in [1.82, 2.24) is 9.80 Å². The summed E-state index contributed by atoms with van der Waals surface area (Å²) in [5.41, 5.74) is 7.45. The normalized spacial score (nSPS) is 31.7. The van der Waals surface area contributed by atoms with Crippen LogP contribution in [0.3, 0.4) is 0 Å². The number of nitrogens with two attached hydrogens (primary N) is 1. The fourth-order valence-electron chi connectivity index (χ4n) is 7.76. The number of likely N-dealkylation sites (N-methyl/N-ethyl adjacent to an activating group) is 1. The van der Waals surface area contributed by atoms with Gasteiger partial charge in [-0.15, -0.1) is 0 Å². The van der Waals surface area contributed by atoms with Crippen molar-refractivity contribution < 1.29 is 29.7 Å². The lowest BCUT2D eigenvalue weighted by atomic mass is 9.60. The lowest BCUT2D eigenvalue weighted by Crippen LogP contribution is -2.53. The molecule has 1 saturated carbocycles. The van der Waals surface area contributed by atoms with Gasteiger partial charge in [-0.2, -0.15) is 0 Å². The zero-order chi connectivity index (χ0) is 28.1. The number of Topliss-reactive ketones (excluding diaryl/α,β-unsaturated/α-hetero) is 2. The van der Waals surface area contributed by atoms with Gasteiger partial charge < -0.3 is 26.0 Å². The minimum absolute atomic E-state index is 0.0708. The third kappa shape index (κ3) is 3.79. The van der Waals surface area contributed by atoms with Crippen molar-refractivity contribution >= 4 is 23.2 Å². The first-order chi connectivity index (χ1) is 18.4. The quantitative estimate of drug-likeness (QED) is 0.411. The number of nitrogens with zero attached hydrogens (tertiary/aromatic N) is 3. The first-order valence-corrected chi connectivity index (χ1v) is 13.6. The minimum Gasteiger partial charge on any atom is -0.511 e. The van der Waals surface area contributed by atoms with Gasteiger partial charge in [0.2, 0.25) is 0 Å². The Morgan fingerprint density at radius 3 is 2.31 bits per heavy atom. The molecule has 5 aliphatic rings. The summed E-state index contributed by atoms with van der Waals surface area (Å²) >= 11 is 0. The van der Waals surface area contributed by atoms with Crippen LogP contribution in [0.4, 0.5) is 5.69 Å². The third-order valence-electron chi connectivity index (χ3n) is 9.55. The van der Waals surface area contributed by atoms with Crippen LogP contribution in [0.25, 0.3) is 0 Å². The van der Waals surface area contributed by atoms with Gasteiger partial charge in [-0.1, -0.05) is 0 Å². The average Bonchev–Trinajstić information content (AvgIpc) is 3.44. The number of aromatic hydroxyl groups is 1. The van der Waals surface area contributed by atoms with Gasteiger partial charge in [0.1, 0.15) is 22.8 Å². The van der Waals surface area contributed by atoms with E-state index in [-0.39, 0.29) is 22.6 Å². The summed E-state index contributed by atoms with van der Waals surface area (Å²) in [5, 5.41) is 33.8. The van der Waals surface area contributed by atoms with Crippen LogP contribution in [-0.2, 0) is 22.6 Å². The maximum absolute atomic E-state index is 14.1. The molecular weight excluding hydrogens is 500 g/mol. The van der Waals surface area contributed by atoms with Gasteiger partial charge in [-0.25, -0.2) is 0 Å². The highest BCUT2D eigenvalue weighted by Gasteiger charge is 2.54. The predicted octanol–water partition coefficient (Wildman–Crippen LogP) is 1.52. The van der Waals surface area contributed by atoms with E-state index in [1.54, 1.807) is 19.0 Å². The molecule has 1 heterocycles.